The first-order valence-corrected chi connectivity index (χ1v) is 9.81. The van der Waals surface area contributed by atoms with Crippen molar-refractivity contribution in [3.8, 4) is 5.06 Å². The number of hydrogen-bond donors (Lipinski definition) is 2. The fourth-order valence-corrected chi connectivity index (χ4v) is 4.09. The third-order valence-electron chi connectivity index (χ3n) is 4.57. The summed E-state index contributed by atoms with van der Waals surface area (Å²) in [5.74, 6) is -0.429. The Hall–Kier alpha value is -3.70. The molecule has 0 fully saturated rings. The number of carbonyl (C=O) groups excluding carboxylic acids is 2. The Bertz CT molecular complexity index is 1170. The molecule has 4 aromatic rings. The molecule has 142 valence electrons. The Morgan fingerprint density at radius 1 is 0.897 bits per heavy atom. The molecule has 4 rings (SSSR count). The number of carbonyl (C=O) groups is 2. The van der Waals surface area contributed by atoms with Gasteiger partial charge in [-0.1, -0.05) is 78.1 Å². The monoisotopic (exact) mass is 399 g/mol. The number of aromatic hydroxyl groups is 1. The van der Waals surface area contributed by atoms with E-state index in [1.807, 2.05) is 60.7 Å². The summed E-state index contributed by atoms with van der Waals surface area (Å²) in [6.45, 7) is 0. The minimum absolute atomic E-state index is 0.0741. The Labute approximate surface area is 171 Å². The number of rotatable bonds is 5. The van der Waals surface area contributed by atoms with Gasteiger partial charge in [0.2, 0.25) is 0 Å². The molecule has 0 saturated carbocycles. The average molecular weight is 399 g/mol. The van der Waals surface area contributed by atoms with Crippen molar-refractivity contribution in [1.82, 2.24) is 5.32 Å². The van der Waals surface area contributed by atoms with E-state index in [-0.39, 0.29) is 10.6 Å². The summed E-state index contributed by atoms with van der Waals surface area (Å²) in [5.41, 5.74) is 3.40. The van der Waals surface area contributed by atoms with Gasteiger partial charge in [-0.2, -0.15) is 0 Å². The van der Waals surface area contributed by atoms with Gasteiger partial charge < -0.3 is 10.4 Å². The first kappa shape index (κ1) is 18.7. The van der Waals surface area contributed by atoms with Crippen LogP contribution < -0.4 is 5.32 Å². The quantitative estimate of drug-likeness (QED) is 0.451. The molecule has 0 spiro atoms. The van der Waals surface area contributed by atoms with Gasteiger partial charge in [0.15, 0.2) is 5.06 Å². The first-order chi connectivity index (χ1) is 14.2. The molecule has 0 aliphatic heterocycles. The topological polar surface area (TPSA) is 66.4 Å². The van der Waals surface area contributed by atoms with Gasteiger partial charge in [-0.15, -0.1) is 0 Å². The first-order valence-electron chi connectivity index (χ1n) is 9.00. The minimum Gasteiger partial charge on any atom is -0.499 e. The number of nitrogens with one attached hydrogen (secondary N) is 1. The lowest BCUT2D eigenvalue weighted by Gasteiger charge is -2.09. The number of hydrogen-bond acceptors (Lipinski definition) is 4. The zero-order valence-electron chi connectivity index (χ0n) is 15.3. The minimum atomic E-state index is -0.429. The molecule has 0 unspecified atom stereocenters. The molecule has 0 radical (unpaired) electrons. The van der Waals surface area contributed by atoms with Crippen LogP contribution in [0.5, 0.6) is 5.06 Å². The smallest absolute Gasteiger partial charge is 0.260 e. The lowest BCUT2D eigenvalue weighted by molar-refractivity contribution is 0.0969. The van der Waals surface area contributed by atoms with E-state index < -0.39 is 5.91 Å². The number of aldehydes is 1. The van der Waals surface area contributed by atoms with E-state index in [1.54, 1.807) is 24.4 Å². The molecule has 0 aliphatic rings. The predicted octanol–water partition coefficient (Wildman–Crippen LogP) is 5.24. The highest BCUT2D eigenvalue weighted by Gasteiger charge is 2.19. The Morgan fingerprint density at radius 3 is 2.10 bits per heavy atom. The van der Waals surface area contributed by atoms with Crippen LogP contribution in [-0.4, -0.2) is 17.3 Å². The highest BCUT2D eigenvalue weighted by atomic mass is 32.1. The second-order valence-corrected chi connectivity index (χ2v) is 7.45. The average Bonchev–Trinajstić information content (AvgIpc) is 3.10. The molecule has 0 atom stereocenters. The van der Waals surface area contributed by atoms with Crippen LogP contribution in [0, 0.1) is 0 Å². The van der Waals surface area contributed by atoms with Gasteiger partial charge in [0.25, 0.3) is 5.91 Å². The Balaban J connectivity index is 1.73. The second kappa shape index (κ2) is 8.12. The van der Waals surface area contributed by atoms with Gasteiger partial charge in [-0.25, -0.2) is 0 Å². The van der Waals surface area contributed by atoms with Gasteiger partial charge in [0, 0.05) is 27.4 Å². The predicted molar refractivity (Wildman–Crippen MR) is 116 cm³/mol. The maximum absolute atomic E-state index is 12.9. The van der Waals surface area contributed by atoms with Gasteiger partial charge >= 0.3 is 0 Å². The zero-order chi connectivity index (χ0) is 20.2. The summed E-state index contributed by atoms with van der Waals surface area (Å²) >= 11 is 1.11. The second-order valence-electron chi connectivity index (χ2n) is 6.42. The van der Waals surface area contributed by atoms with Crippen molar-refractivity contribution in [3.05, 3.63) is 107 Å². The molecular formula is C24H17NO3S. The molecule has 0 aliphatic carbocycles. The SMILES string of the molecule is O=Cc1ccc2sc(O)c(C(=O)NC=C(c3ccccc3)c3ccccc3)c2c1. The number of benzene rings is 3. The fourth-order valence-electron chi connectivity index (χ4n) is 3.17. The summed E-state index contributed by atoms with van der Waals surface area (Å²) < 4.78 is 0.744. The van der Waals surface area contributed by atoms with E-state index in [0.717, 1.165) is 39.0 Å². The van der Waals surface area contributed by atoms with Gasteiger partial charge in [-0.05, 0) is 23.3 Å². The molecule has 5 heteroatoms. The van der Waals surface area contributed by atoms with Gasteiger partial charge in [0.1, 0.15) is 11.8 Å². The van der Waals surface area contributed by atoms with Crippen LogP contribution in [0.2, 0.25) is 0 Å². The Morgan fingerprint density at radius 2 is 1.52 bits per heavy atom. The number of fused-ring (bicyclic) bond motifs is 1. The summed E-state index contributed by atoms with van der Waals surface area (Å²) in [4.78, 5) is 24.0. The third-order valence-corrected chi connectivity index (χ3v) is 5.55. The maximum Gasteiger partial charge on any atom is 0.260 e. The normalized spacial score (nSPS) is 10.5. The number of amides is 1. The van der Waals surface area contributed by atoms with E-state index >= 15 is 0 Å². The van der Waals surface area contributed by atoms with Gasteiger partial charge in [0.05, 0.1) is 0 Å². The van der Waals surface area contributed by atoms with E-state index in [4.69, 9.17) is 0 Å². The molecule has 2 N–H and O–H groups in total. The molecule has 0 saturated heterocycles. The standard InChI is InChI=1S/C24H17NO3S/c26-15-16-11-12-21-19(13-16)22(24(28)29-21)23(27)25-14-20(17-7-3-1-4-8-17)18-9-5-2-6-10-18/h1-15,28H,(H,25,27). The van der Waals surface area contributed by atoms with E-state index in [9.17, 15) is 14.7 Å². The van der Waals surface area contributed by atoms with Crippen molar-refractivity contribution in [2.75, 3.05) is 0 Å². The van der Waals surface area contributed by atoms with E-state index in [0.29, 0.717) is 10.9 Å². The molecule has 1 amide bonds. The van der Waals surface area contributed by atoms with E-state index in [2.05, 4.69) is 5.32 Å². The molecule has 3 aromatic carbocycles. The van der Waals surface area contributed by atoms with Crippen LogP contribution in [0.4, 0.5) is 0 Å². The van der Waals surface area contributed by atoms with Gasteiger partial charge in [-0.3, -0.25) is 9.59 Å². The highest BCUT2D eigenvalue weighted by Crippen LogP contribution is 2.37. The Kier molecular flexibility index (Phi) is 5.22. The summed E-state index contributed by atoms with van der Waals surface area (Å²) in [7, 11) is 0. The summed E-state index contributed by atoms with van der Waals surface area (Å²) in [5, 5.41) is 13.6. The summed E-state index contributed by atoms with van der Waals surface area (Å²) in [6, 6.07) is 24.5. The molecular weight excluding hydrogens is 382 g/mol. The number of thiophene rings is 1. The highest BCUT2D eigenvalue weighted by molar-refractivity contribution is 7.21. The fraction of sp³-hybridized carbons (Fsp3) is 0. The van der Waals surface area contributed by atoms with Crippen LogP contribution in [0.1, 0.15) is 31.8 Å². The summed E-state index contributed by atoms with van der Waals surface area (Å²) in [6.07, 6.45) is 2.37. The van der Waals surface area contributed by atoms with Crippen LogP contribution in [0.3, 0.4) is 0 Å². The lowest BCUT2D eigenvalue weighted by atomic mass is 9.99. The van der Waals surface area contributed by atoms with Crippen molar-refractivity contribution in [2.45, 2.75) is 0 Å². The van der Waals surface area contributed by atoms with Crippen molar-refractivity contribution in [2.24, 2.45) is 0 Å². The molecule has 29 heavy (non-hydrogen) atoms. The van der Waals surface area contributed by atoms with Crippen LogP contribution >= 0.6 is 11.3 Å². The largest absolute Gasteiger partial charge is 0.499 e. The molecule has 0 bridgehead atoms. The van der Waals surface area contributed by atoms with Crippen molar-refractivity contribution in [3.63, 3.8) is 0 Å². The van der Waals surface area contributed by atoms with Crippen LogP contribution in [-0.2, 0) is 0 Å². The van der Waals surface area contributed by atoms with Crippen LogP contribution in [0.15, 0.2) is 85.1 Å². The van der Waals surface area contributed by atoms with Crippen molar-refractivity contribution in [1.29, 1.82) is 0 Å². The molecule has 1 heterocycles. The van der Waals surface area contributed by atoms with Crippen molar-refractivity contribution < 1.29 is 14.7 Å². The molecule has 4 nitrogen and oxygen atoms in total. The third kappa shape index (κ3) is 3.81. The maximum atomic E-state index is 12.9. The van der Waals surface area contributed by atoms with Crippen LogP contribution in [0.25, 0.3) is 15.7 Å². The zero-order valence-corrected chi connectivity index (χ0v) is 16.1. The van der Waals surface area contributed by atoms with E-state index in [1.165, 1.54) is 0 Å². The molecule has 1 aromatic heterocycles. The van der Waals surface area contributed by atoms with Crippen molar-refractivity contribution >= 4 is 39.2 Å². The lowest BCUT2D eigenvalue weighted by Crippen LogP contribution is -2.17.